The van der Waals surface area contributed by atoms with Crippen LogP contribution < -0.4 is 9.46 Å². The number of sulfonamides is 2. The average Bonchev–Trinajstić information content (AvgIpc) is 2.49. The van der Waals surface area contributed by atoms with Crippen LogP contribution in [0, 0.1) is 6.92 Å². The van der Waals surface area contributed by atoms with E-state index in [0.29, 0.717) is 24.5 Å². The number of aryl methyl sites for hydroxylation is 1. The first kappa shape index (κ1) is 20.4. The van der Waals surface area contributed by atoms with Crippen molar-refractivity contribution in [1.82, 2.24) is 9.03 Å². The molecule has 0 aliphatic carbocycles. The van der Waals surface area contributed by atoms with E-state index < -0.39 is 20.0 Å². The lowest BCUT2D eigenvalue weighted by molar-refractivity contribution is 0.303. The maximum atomic E-state index is 13.0. The smallest absolute Gasteiger partial charge is 0.246 e. The van der Waals surface area contributed by atoms with Crippen molar-refractivity contribution < 1.29 is 21.6 Å². The van der Waals surface area contributed by atoms with E-state index in [-0.39, 0.29) is 29.8 Å². The predicted molar refractivity (Wildman–Crippen MR) is 97.1 cm³/mol. The number of benzene rings is 1. The zero-order chi connectivity index (χ0) is 18.8. The molecule has 0 saturated carbocycles. The predicted octanol–water partition coefficient (Wildman–Crippen LogP) is 1.75. The van der Waals surface area contributed by atoms with Crippen LogP contribution in [0.5, 0.6) is 5.75 Å². The van der Waals surface area contributed by atoms with Gasteiger partial charge in [-0.3, -0.25) is 0 Å². The Morgan fingerprint density at radius 2 is 1.84 bits per heavy atom. The number of halogens is 1. The molecule has 1 fully saturated rings. The van der Waals surface area contributed by atoms with Gasteiger partial charge in [-0.25, -0.2) is 21.6 Å². The minimum absolute atomic E-state index is 0.0412. The Morgan fingerprint density at radius 3 is 2.36 bits per heavy atom. The molecule has 0 aromatic heterocycles. The van der Waals surface area contributed by atoms with Gasteiger partial charge in [-0.1, -0.05) is 11.6 Å². The van der Waals surface area contributed by atoms with Crippen LogP contribution in [0.3, 0.4) is 0 Å². The SMILES string of the molecule is CCOc1cc(C)c(Cl)cc1S(=O)(=O)N1CCC(NS(C)(=O)=O)CC1. The normalized spacial score (nSPS) is 17.6. The number of hydrogen-bond donors (Lipinski definition) is 1. The molecule has 1 aliphatic rings. The van der Waals surface area contributed by atoms with E-state index in [2.05, 4.69) is 4.72 Å². The number of nitrogens with one attached hydrogen (secondary N) is 1. The Balaban J connectivity index is 2.24. The van der Waals surface area contributed by atoms with Gasteiger partial charge in [-0.15, -0.1) is 0 Å². The van der Waals surface area contributed by atoms with Crippen molar-refractivity contribution in [3.8, 4) is 5.75 Å². The van der Waals surface area contributed by atoms with E-state index in [1.165, 1.54) is 10.4 Å². The van der Waals surface area contributed by atoms with Crippen molar-refractivity contribution >= 4 is 31.6 Å². The third kappa shape index (κ3) is 5.07. The van der Waals surface area contributed by atoms with Gasteiger partial charge < -0.3 is 4.74 Å². The Labute approximate surface area is 154 Å². The number of nitrogens with zero attached hydrogens (tertiary/aromatic N) is 1. The minimum Gasteiger partial charge on any atom is -0.492 e. The summed E-state index contributed by atoms with van der Waals surface area (Å²) in [5.41, 5.74) is 0.736. The van der Waals surface area contributed by atoms with Gasteiger partial charge in [0.05, 0.1) is 12.9 Å². The molecule has 142 valence electrons. The van der Waals surface area contributed by atoms with Crippen molar-refractivity contribution in [3.05, 3.63) is 22.7 Å². The molecule has 25 heavy (non-hydrogen) atoms. The molecule has 0 radical (unpaired) electrons. The van der Waals surface area contributed by atoms with Crippen LogP contribution in [0.4, 0.5) is 0 Å². The van der Waals surface area contributed by atoms with Gasteiger partial charge in [-0.2, -0.15) is 4.31 Å². The molecule has 0 amide bonds. The zero-order valence-corrected chi connectivity index (χ0v) is 16.8. The fourth-order valence-electron chi connectivity index (χ4n) is 2.76. The molecule has 1 aromatic rings. The van der Waals surface area contributed by atoms with Crippen molar-refractivity contribution in [3.63, 3.8) is 0 Å². The standard InChI is InChI=1S/C15H23ClN2O5S2/c1-4-23-14-9-11(2)13(16)10-15(14)25(21,22)18-7-5-12(6-8-18)17-24(3,19)20/h9-10,12,17H,4-8H2,1-3H3. The Hall–Kier alpha value is -0.870. The first-order valence-electron chi connectivity index (χ1n) is 7.95. The lowest BCUT2D eigenvalue weighted by atomic mass is 10.1. The molecule has 10 heteroatoms. The summed E-state index contributed by atoms with van der Waals surface area (Å²) < 4.78 is 57.9. The van der Waals surface area contributed by atoms with E-state index in [9.17, 15) is 16.8 Å². The number of ether oxygens (including phenoxy) is 1. The van der Waals surface area contributed by atoms with Gasteiger partial charge >= 0.3 is 0 Å². The second-order valence-corrected chi connectivity index (χ2v) is 10.1. The molecule has 1 aromatic carbocycles. The summed E-state index contributed by atoms with van der Waals surface area (Å²) in [4.78, 5) is 0.0412. The minimum atomic E-state index is -3.77. The zero-order valence-electron chi connectivity index (χ0n) is 14.5. The quantitative estimate of drug-likeness (QED) is 0.771. The molecule has 7 nitrogen and oxygen atoms in total. The van der Waals surface area contributed by atoms with Crippen LogP contribution in [-0.2, 0) is 20.0 Å². The average molecular weight is 411 g/mol. The molecule has 0 atom stereocenters. The molecular weight excluding hydrogens is 388 g/mol. The van der Waals surface area contributed by atoms with Gasteiger partial charge in [0.2, 0.25) is 20.0 Å². The van der Waals surface area contributed by atoms with Crippen LogP contribution in [0.2, 0.25) is 5.02 Å². The van der Waals surface area contributed by atoms with Crippen LogP contribution in [0.15, 0.2) is 17.0 Å². The van der Waals surface area contributed by atoms with Crippen molar-refractivity contribution in [2.75, 3.05) is 26.0 Å². The fourth-order valence-corrected chi connectivity index (χ4v) is 5.44. The van der Waals surface area contributed by atoms with Crippen LogP contribution in [0.1, 0.15) is 25.3 Å². The summed E-state index contributed by atoms with van der Waals surface area (Å²) >= 11 is 6.11. The Kier molecular flexibility index (Phi) is 6.37. The molecule has 0 unspecified atom stereocenters. The third-order valence-electron chi connectivity index (χ3n) is 3.98. The summed E-state index contributed by atoms with van der Waals surface area (Å²) in [6, 6.07) is 2.78. The van der Waals surface area contributed by atoms with Crippen LogP contribution in [-0.4, -0.2) is 53.1 Å². The van der Waals surface area contributed by atoms with E-state index >= 15 is 0 Å². The summed E-state index contributed by atoms with van der Waals surface area (Å²) in [6.07, 6.45) is 1.92. The Bertz CT molecular complexity index is 832. The maximum absolute atomic E-state index is 13.0. The van der Waals surface area contributed by atoms with Crippen LogP contribution >= 0.6 is 11.6 Å². The maximum Gasteiger partial charge on any atom is 0.246 e. The number of piperidine rings is 1. The summed E-state index contributed by atoms with van der Waals surface area (Å²) in [5.74, 6) is 0.279. The first-order chi connectivity index (χ1) is 11.5. The van der Waals surface area contributed by atoms with E-state index in [0.717, 1.165) is 11.8 Å². The highest BCUT2D eigenvalue weighted by molar-refractivity contribution is 7.89. The van der Waals surface area contributed by atoms with E-state index in [4.69, 9.17) is 16.3 Å². The van der Waals surface area contributed by atoms with Gasteiger partial charge in [-0.05, 0) is 44.4 Å². The van der Waals surface area contributed by atoms with E-state index in [1.54, 1.807) is 19.9 Å². The van der Waals surface area contributed by atoms with Crippen molar-refractivity contribution in [2.24, 2.45) is 0 Å². The highest BCUT2D eigenvalue weighted by Crippen LogP contribution is 2.33. The molecular formula is C15H23ClN2O5S2. The number of hydrogen-bond acceptors (Lipinski definition) is 5. The summed E-state index contributed by atoms with van der Waals surface area (Å²) in [7, 11) is -7.08. The third-order valence-corrected chi connectivity index (χ3v) is 7.07. The van der Waals surface area contributed by atoms with Crippen molar-refractivity contribution in [2.45, 2.75) is 37.6 Å². The summed E-state index contributed by atoms with van der Waals surface area (Å²) in [6.45, 7) is 4.36. The topological polar surface area (TPSA) is 92.8 Å². The Morgan fingerprint density at radius 1 is 1.24 bits per heavy atom. The largest absolute Gasteiger partial charge is 0.492 e. The highest BCUT2D eigenvalue weighted by atomic mass is 35.5. The molecule has 1 heterocycles. The molecule has 2 rings (SSSR count). The lowest BCUT2D eigenvalue weighted by Gasteiger charge is -2.31. The van der Waals surface area contributed by atoms with E-state index in [1.807, 2.05) is 0 Å². The molecule has 1 N–H and O–H groups in total. The number of rotatable bonds is 6. The summed E-state index contributed by atoms with van der Waals surface area (Å²) in [5, 5.41) is 0.357. The van der Waals surface area contributed by atoms with Gasteiger partial charge in [0.25, 0.3) is 0 Å². The van der Waals surface area contributed by atoms with Gasteiger partial charge in [0.15, 0.2) is 0 Å². The van der Waals surface area contributed by atoms with Crippen LogP contribution in [0.25, 0.3) is 0 Å². The molecule has 1 aliphatic heterocycles. The van der Waals surface area contributed by atoms with Gasteiger partial charge in [0.1, 0.15) is 10.6 Å². The molecule has 0 bridgehead atoms. The second kappa shape index (κ2) is 7.79. The monoisotopic (exact) mass is 410 g/mol. The molecule has 1 saturated heterocycles. The lowest BCUT2D eigenvalue weighted by Crippen LogP contribution is -2.46. The van der Waals surface area contributed by atoms with Gasteiger partial charge in [0, 0.05) is 24.2 Å². The fraction of sp³-hybridized carbons (Fsp3) is 0.600. The molecule has 0 spiro atoms. The highest BCUT2D eigenvalue weighted by Gasteiger charge is 2.32. The second-order valence-electron chi connectivity index (χ2n) is 6.05. The first-order valence-corrected chi connectivity index (χ1v) is 11.7. The van der Waals surface area contributed by atoms with Crippen molar-refractivity contribution in [1.29, 1.82) is 0 Å².